The molecule has 0 saturated heterocycles. The summed E-state index contributed by atoms with van der Waals surface area (Å²) in [5, 5.41) is 0. The van der Waals surface area contributed by atoms with Crippen molar-refractivity contribution in [2.45, 2.75) is 0 Å². The summed E-state index contributed by atoms with van der Waals surface area (Å²) in [6, 6.07) is 12.3. The molecule has 0 aromatic heterocycles. The first-order valence-corrected chi connectivity index (χ1v) is 5.38. The molecule has 18 heavy (non-hydrogen) atoms. The summed E-state index contributed by atoms with van der Waals surface area (Å²) in [5.74, 6) is -2.73. The van der Waals surface area contributed by atoms with Crippen molar-refractivity contribution >= 4 is 11.6 Å². The second kappa shape index (κ2) is 4.96. The lowest BCUT2D eigenvalue weighted by molar-refractivity contribution is 0.0988. The maximum atomic E-state index is 13.5. The van der Waals surface area contributed by atoms with Gasteiger partial charge in [0.2, 0.25) is 0 Å². The highest BCUT2D eigenvalue weighted by molar-refractivity contribution is 6.05. The summed E-state index contributed by atoms with van der Waals surface area (Å²) in [7, 11) is 1.52. The van der Waals surface area contributed by atoms with E-state index in [4.69, 9.17) is 0 Å². The third-order valence-corrected chi connectivity index (χ3v) is 2.63. The molecule has 0 N–H and O–H groups in total. The van der Waals surface area contributed by atoms with Crippen LogP contribution < -0.4 is 4.90 Å². The minimum absolute atomic E-state index is 0.277. The highest BCUT2D eigenvalue weighted by atomic mass is 19.2. The van der Waals surface area contributed by atoms with Gasteiger partial charge in [0.1, 0.15) is 0 Å². The van der Waals surface area contributed by atoms with Gasteiger partial charge in [0.25, 0.3) is 5.91 Å². The number of hydrogen-bond donors (Lipinski definition) is 0. The van der Waals surface area contributed by atoms with Crippen LogP contribution in [0.25, 0.3) is 0 Å². The summed E-state index contributed by atoms with van der Waals surface area (Å²) in [5.41, 5.74) is 0.340. The molecule has 92 valence electrons. The number of rotatable bonds is 2. The first-order chi connectivity index (χ1) is 8.61. The Morgan fingerprint density at radius 1 is 1.00 bits per heavy atom. The zero-order valence-corrected chi connectivity index (χ0v) is 9.73. The molecule has 0 fully saturated rings. The molecule has 0 heterocycles. The Labute approximate surface area is 103 Å². The highest BCUT2D eigenvalue weighted by Crippen LogP contribution is 2.18. The van der Waals surface area contributed by atoms with Crippen molar-refractivity contribution in [2.24, 2.45) is 0 Å². The molecule has 0 unspecified atom stereocenters. The van der Waals surface area contributed by atoms with Crippen LogP contribution in [0.1, 0.15) is 10.4 Å². The molecular formula is C14H11F2NO. The molecule has 0 spiro atoms. The Balaban J connectivity index is 2.35. The van der Waals surface area contributed by atoms with E-state index in [0.717, 1.165) is 6.07 Å². The number of nitrogens with zero attached hydrogens (tertiary/aromatic N) is 1. The predicted molar refractivity (Wildman–Crippen MR) is 65.5 cm³/mol. The van der Waals surface area contributed by atoms with Crippen LogP contribution in [0.5, 0.6) is 0 Å². The molecule has 2 aromatic carbocycles. The summed E-state index contributed by atoms with van der Waals surface area (Å²) < 4.78 is 26.6. The zero-order chi connectivity index (χ0) is 13.1. The van der Waals surface area contributed by atoms with E-state index >= 15 is 0 Å². The van der Waals surface area contributed by atoms with Gasteiger partial charge in [-0.3, -0.25) is 4.79 Å². The number of anilines is 1. The van der Waals surface area contributed by atoms with Crippen LogP contribution in [0.3, 0.4) is 0 Å². The van der Waals surface area contributed by atoms with Gasteiger partial charge in [0, 0.05) is 12.7 Å². The van der Waals surface area contributed by atoms with Gasteiger partial charge in [-0.1, -0.05) is 24.3 Å². The van der Waals surface area contributed by atoms with Crippen molar-refractivity contribution in [3.8, 4) is 0 Å². The second-order valence-electron chi connectivity index (χ2n) is 3.80. The number of carbonyl (C=O) groups excluding carboxylic acids is 1. The van der Waals surface area contributed by atoms with Crippen molar-refractivity contribution in [3.63, 3.8) is 0 Å². The lowest BCUT2D eigenvalue weighted by atomic mass is 10.1. The van der Waals surface area contributed by atoms with E-state index in [2.05, 4.69) is 0 Å². The molecule has 2 aromatic rings. The average molecular weight is 247 g/mol. The smallest absolute Gasteiger partial charge is 0.261 e. The molecule has 0 aliphatic heterocycles. The van der Waals surface area contributed by atoms with Crippen LogP contribution in [0, 0.1) is 11.6 Å². The minimum Gasteiger partial charge on any atom is -0.311 e. The van der Waals surface area contributed by atoms with Gasteiger partial charge in [-0.15, -0.1) is 0 Å². The van der Waals surface area contributed by atoms with E-state index in [9.17, 15) is 13.6 Å². The van der Waals surface area contributed by atoms with Gasteiger partial charge >= 0.3 is 0 Å². The first-order valence-electron chi connectivity index (χ1n) is 5.38. The first kappa shape index (κ1) is 12.2. The van der Waals surface area contributed by atoms with E-state index in [-0.39, 0.29) is 5.56 Å². The van der Waals surface area contributed by atoms with Crippen LogP contribution in [0.15, 0.2) is 48.5 Å². The minimum atomic E-state index is -1.12. The highest BCUT2D eigenvalue weighted by Gasteiger charge is 2.19. The third-order valence-electron chi connectivity index (χ3n) is 2.63. The van der Waals surface area contributed by atoms with Crippen molar-refractivity contribution < 1.29 is 13.6 Å². The van der Waals surface area contributed by atoms with Crippen LogP contribution in [-0.4, -0.2) is 13.0 Å². The van der Waals surface area contributed by atoms with Gasteiger partial charge < -0.3 is 4.90 Å². The van der Waals surface area contributed by atoms with Crippen molar-refractivity contribution in [1.82, 2.24) is 0 Å². The van der Waals surface area contributed by atoms with E-state index in [1.165, 1.54) is 24.1 Å². The van der Waals surface area contributed by atoms with Crippen molar-refractivity contribution in [1.29, 1.82) is 0 Å². The van der Waals surface area contributed by atoms with Gasteiger partial charge in [-0.25, -0.2) is 8.78 Å². The Hall–Kier alpha value is -2.23. The monoisotopic (exact) mass is 247 g/mol. The van der Waals surface area contributed by atoms with Crippen LogP contribution >= 0.6 is 0 Å². The lowest BCUT2D eigenvalue weighted by Crippen LogP contribution is -2.27. The fourth-order valence-corrected chi connectivity index (χ4v) is 1.62. The van der Waals surface area contributed by atoms with Crippen LogP contribution in [0.4, 0.5) is 14.5 Å². The molecule has 2 nitrogen and oxygen atoms in total. The number of amides is 1. The molecule has 0 aliphatic rings. The summed E-state index contributed by atoms with van der Waals surface area (Å²) in [4.78, 5) is 13.3. The Bertz CT molecular complexity index is 569. The number of carbonyl (C=O) groups is 1. The Morgan fingerprint density at radius 3 is 2.33 bits per heavy atom. The molecule has 4 heteroatoms. The topological polar surface area (TPSA) is 20.3 Å². The fourth-order valence-electron chi connectivity index (χ4n) is 1.62. The number of benzene rings is 2. The Morgan fingerprint density at radius 2 is 1.67 bits per heavy atom. The maximum absolute atomic E-state index is 13.5. The number of para-hydroxylation sites is 1. The van der Waals surface area contributed by atoms with E-state index < -0.39 is 17.5 Å². The van der Waals surface area contributed by atoms with Gasteiger partial charge in [0.05, 0.1) is 5.56 Å². The predicted octanol–water partition coefficient (Wildman–Crippen LogP) is 3.24. The normalized spacial score (nSPS) is 10.2. The number of hydrogen-bond acceptors (Lipinski definition) is 1. The summed E-state index contributed by atoms with van der Waals surface area (Å²) in [6.45, 7) is 0. The molecule has 1 amide bonds. The standard InChI is InChI=1S/C14H11F2NO/c1-17(10-6-3-2-4-7-10)14(18)11-8-5-9-12(15)13(11)16/h2-9H,1H3. The van der Waals surface area contributed by atoms with Crippen LogP contribution in [-0.2, 0) is 0 Å². The van der Waals surface area contributed by atoms with Gasteiger partial charge in [0.15, 0.2) is 11.6 Å². The van der Waals surface area contributed by atoms with Crippen molar-refractivity contribution in [2.75, 3.05) is 11.9 Å². The molecule has 0 radical (unpaired) electrons. The molecule has 0 aliphatic carbocycles. The zero-order valence-electron chi connectivity index (χ0n) is 9.73. The summed E-state index contributed by atoms with van der Waals surface area (Å²) >= 11 is 0. The van der Waals surface area contributed by atoms with E-state index in [1.54, 1.807) is 24.3 Å². The average Bonchev–Trinajstić information content (AvgIpc) is 2.41. The Kier molecular flexibility index (Phi) is 3.37. The molecule has 0 bridgehead atoms. The quantitative estimate of drug-likeness (QED) is 0.797. The fraction of sp³-hybridized carbons (Fsp3) is 0.0714. The largest absolute Gasteiger partial charge is 0.311 e. The molecular weight excluding hydrogens is 236 g/mol. The van der Waals surface area contributed by atoms with Gasteiger partial charge in [-0.05, 0) is 24.3 Å². The maximum Gasteiger partial charge on any atom is 0.261 e. The van der Waals surface area contributed by atoms with Gasteiger partial charge in [-0.2, -0.15) is 0 Å². The van der Waals surface area contributed by atoms with E-state index in [1.807, 2.05) is 6.07 Å². The number of halogens is 2. The molecule has 0 atom stereocenters. The van der Waals surface area contributed by atoms with Crippen molar-refractivity contribution in [3.05, 3.63) is 65.7 Å². The SMILES string of the molecule is CN(C(=O)c1cccc(F)c1F)c1ccccc1. The lowest BCUT2D eigenvalue weighted by Gasteiger charge is -2.17. The van der Waals surface area contributed by atoms with Crippen LogP contribution in [0.2, 0.25) is 0 Å². The molecule has 2 rings (SSSR count). The second-order valence-corrected chi connectivity index (χ2v) is 3.80. The van der Waals surface area contributed by atoms with E-state index in [0.29, 0.717) is 5.69 Å². The molecule has 0 saturated carbocycles. The summed E-state index contributed by atoms with van der Waals surface area (Å²) in [6.07, 6.45) is 0. The third kappa shape index (κ3) is 2.22.